The first-order chi connectivity index (χ1) is 7.75. The maximum Gasteiger partial charge on any atom is 0.337 e. The summed E-state index contributed by atoms with van der Waals surface area (Å²) in [6.07, 6.45) is 0. The van der Waals surface area contributed by atoms with E-state index in [1.165, 1.54) is 6.07 Å². The van der Waals surface area contributed by atoms with E-state index < -0.39 is 5.63 Å². The van der Waals surface area contributed by atoms with Gasteiger partial charge in [-0.15, -0.1) is 0 Å². The van der Waals surface area contributed by atoms with Gasteiger partial charge in [-0.1, -0.05) is 41.9 Å². The van der Waals surface area contributed by atoms with Gasteiger partial charge in [-0.2, -0.15) is 0 Å². The largest absolute Gasteiger partial charge is 0.422 e. The van der Waals surface area contributed by atoms with E-state index in [0.29, 0.717) is 10.6 Å². The first-order valence-corrected chi connectivity index (χ1v) is 5.24. The highest BCUT2D eigenvalue weighted by Crippen LogP contribution is 2.28. The number of hydrogen-bond donors (Lipinski definition) is 0. The second-order valence-corrected chi connectivity index (χ2v) is 3.98. The van der Waals surface area contributed by atoms with Crippen LogP contribution in [0.25, 0.3) is 21.7 Å². The van der Waals surface area contributed by atoms with Crippen LogP contribution < -0.4 is 5.63 Å². The highest BCUT2D eigenvalue weighted by molar-refractivity contribution is 6.35. The summed E-state index contributed by atoms with van der Waals surface area (Å²) in [7, 11) is 0. The van der Waals surface area contributed by atoms with Gasteiger partial charge < -0.3 is 4.42 Å². The molecule has 0 atom stereocenters. The molecule has 0 spiro atoms. The van der Waals surface area contributed by atoms with Gasteiger partial charge in [0.25, 0.3) is 0 Å². The van der Waals surface area contributed by atoms with E-state index in [4.69, 9.17) is 16.0 Å². The third kappa shape index (κ3) is 1.31. The fourth-order valence-corrected chi connectivity index (χ4v) is 2.09. The van der Waals surface area contributed by atoms with E-state index in [0.717, 1.165) is 16.2 Å². The first kappa shape index (κ1) is 9.43. The summed E-state index contributed by atoms with van der Waals surface area (Å²) in [5, 5.41) is 3.12. The van der Waals surface area contributed by atoms with Gasteiger partial charge in [0, 0.05) is 16.8 Å². The van der Waals surface area contributed by atoms with Gasteiger partial charge in [0.15, 0.2) is 0 Å². The van der Waals surface area contributed by atoms with Crippen LogP contribution in [0.2, 0.25) is 5.02 Å². The molecule has 0 aliphatic rings. The lowest BCUT2D eigenvalue weighted by Gasteiger charge is -2.02. The normalized spacial score (nSPS) is 11.1. The van der Waals surface area contributed by atoms with E-state index in [2.05, 4.69) is 0 Å². The molecule has 2 aromatic carbocycles. The molecule has 3 heteroatoms. The molecule has 1 aromatic heterocycles. The van der Waals surface area contributed by atoms with Crippen LogP contribution in [0.3, 0.4) is 0 Å². The van der Waals surface area contributed by atoms with Crippen LogP contribution in [0.4, 0.5) is 0 Å². The van der Waals surface area contributed by atoms with Gasteiger partial charge in [-0.05, 0) is 11.5 Å². The lowest BCUT2D eigenvalue weighted by Crippen LogP contribution is -1.96. The predicted octanol–water partition coefficient (Wildman–Crippen LogP) is 3.60. The molecule has 3 rings (SSSR count). The molecule has 0 N–H and O–H groups in total. The van der Waals surface area contributed by atoms with Crippen LogP contribution in [0.1, 0.15) is 0 Å². The predicted molar refractivity (Wildman–Crippen MR) is 65.0 cm³/mol. The molecule has 0 bridgehead atoms. The van der Waals surface area contributed by atoms with Gasteiger partial charge in [-0.25, -0.2) is 4.79 Å². The number of benzene rings is 2. The highest BCUT2D eigenvalue weighted by atomic mass is 35.5. The van der Waals surface area contributed by atoms with Gasteiger partial charge >= 0.3 is 5.63 Å². The van der Waals surface area contributed by atoms with Crippen molar-refractivity contribution in [3.63, 3.8) is 0 Å². The molecule has 78 valence electrons. The standard InChI is InChI=1S/C13H7ClO2/c14-11-7-12(15)16-13-9-4-2-1-3-8(9)5-6-10(11)13/h1-7H. The van der Waals surface area contributed by atoms with Crippen LogP contribution in [0, 0.1) is 0 Å². The average Bonchev–Trinajstić information content (AvgIpc) is 2.28. The van der Waals surface area contributed by atoms with Crippen molar-refractivity contribution in [2.24, 2.45) is 0 Å². The Morgan fingerprint density at radius 1 is 1.00 bits per heavy atom. The van der Waals surface area contributed by atoms with Crippen molar-refractivity contribution in [1.29, 1.82) is 0 Å². The van der Waals surface area contributed by atoms with Crippen molar-refractivity contribution in [3.05, 3.63) is 57.9 Å². The van der Waals surface area contributed by atoms with Gasteiger partial charge in [0.1, 0.15) is 5.58 Å². The molecule has 2 nitrogen and oxygen atoms in total. The van der Waals surface area contributed by atoms with Gasteiger partial charge in [-0.3, -0.25) is 0 Å². The minimum atomic E-state index is -0.422. The van der Waals surface area contributed by atoms with E-state index in [1.807, 2.05) is 36.4 Å². The molecule has 0 aliphatic heterocycles. The van der Waals surface area contributed by atoms with Crippen molar-refractivity contribution < 1.29 is 4.42 Å². The number of hydrogen-bond acceptors (Lipinski definition) is 2. The summed E-state index contributed by atoms with van der Waals surface area (Å²) in [5.74, 6) is 0. The first-order valence-electron chi connectivity index (χ1n) is 4.87. The Morgan fingerprint density at radius 2 is 1.81 bits per heavy atom. The van der Waals surface area contributed by atoms with Gasteiger partial charge in [0.2, 0.25) is 0 Å². The average molecular weight is 231 g/mol. The second-order valence-electron chi connectivity index (χ2n) is 3.58. The van der Waals surface area contributed by atoms with E-state index >= 15 is 0 Å². The fourth-order valence-electron chi connectivity index (χ4n) is 1.85. The SMILES string of the molecule is O=c1cc(Cl)c2ccc3ccccc3c2o1. The van der Waals surface area contributed by atoms with Gasteiger partial charge in [0.05, 0.1) is 5.02 Å². The molecule has 0 saturated carbocycles. The van der Waals surface area contributed by atoms with E-state index in [1.54, 1.807) is 0 Å². The third-order valence-electron chi connectivity index (χ3n) is 2.58. The summed E-state index contributed by atoms with van der Waals surface area (Å²) in [6.45, 7) is 0. The molecule has 0 radical (unpaired) electrons. The maximum absolute atomic E-state index is 11.3. The Morgan fingerprint density at radius 3 is 2.69 bits per heavy atom. The minimum absolute atomic E-state index is 0.422. The zero-order chi connectivity index (χ0) is 11.1. The minimum Gasteiger partial charge on any atom is -0.422 e. The molecule has 0 aliphatic carbocycles. The zero-order valence-electron chi connectivity index (χ0n) is 8.24. The van der Waals surface area contributed by atoms with E-state index in [9.17, 15) is 4.79 Å². The Hall–Kier alpha value is -1.80. The van der Waals surface area contributed by atoms with Crippen LogP contribution in [-0.2, 0) is 0 Å². The summed E-state index contributed by atoms with van der Waals surface area (Å²) >= 11 is 6.00. The molecular formula is C13H7ClO2. The summed E-state index contributed by atoms with van der Waals surface area (Å²) in [6, 6.07) is 12.8. The lowest BCUT2D eigenvalue weighted by molar-refractivity contribution is 0.564. The second kappa shape index (κ2) is 3.35. The van der Waals surface area contributed by atoms with Crippen molar-refractivity contribution in [3.8, 4) is 0 Å². The summed E-state index contributed by atoms with van der Waals surface area (Å²) in [4.78, 5) is 11.3. The number of rotatable bonds is 0. The Kier molecular flexibility index (Phi) is 1.98. The van der Waals surface area contributed by atoms with Crippen LogP contribution in [0.5, 0.6) is 0 Å². The molecule has 0 fully saturated rings. The lowest BCUT2D eigenvalue weighted by atomic mass is 10.1. The molecular weight excluding hydrogens is 224 g/mol. The molecule has 1 heterocycles. The van der Waals surface area contributed by atoms with Crippen LogP contribution in [-0.4, -0.2) is 0 Å². The monoisotopic (exact) mass is 230 g/mol. The molecule has 0 unspecified atom stereocenters. The number of halogens is 1. The topological polar surface area (TPSA) is 30.2 Å². The molecule has 16 heavy (non-hydrogen) atoms. The summed E-state index contributed by atoms with van der Waals surface area (Å²) < 4.78 is 5.22. The highest BCUT2D eigenvalue weighted by Gasteiger charge is 2.06. The van der Waals surface area contributed by atoms with Crippen molar-refractivity contribution >= 4 is 33.3 Å². The Bertz CT molecular complexity index is 744. The molecule has 0 amide bonds. The fraction of sp³-hybridized carbons (Fsp3) is 0. The molecule has 3 aromatic rings. The van der Waals surface area contributed by atoms with Crippen molar-refractivity contribution in [2.45, 2.75) is 0 Å². The van der Waals surface area contributed by atoms with Crippen molar-refractivity contribution in [1.82, 2.24) is 0 Å². The van der Waals surface area contributed by atoms with E-state index in [-0.39, 0.29) is 0 Å². The van der Waals surface area contributed by atoms with Crippen molar-refractivity contribution in [2.75, 3.05) is 0 Å². The zero-order valence-corrected chi connectivity index (χ0v) is 8.99. The Balaban J connectivity index is 2.65. The smallest absolute Gasteiger partial charge is 0.337 e. The summed E-state index contributed by atoms with van der Waals surface area (Å²) in [5.41, 5.74) is 0.129. The Labute approximate surface area is 96.1 Å². The quantitative estimate of drug-likeness (QED) is 0.436. The number of fused-ring (bicyclic) bond motifs is 3. The maximum atomic E-state index is 11.3. The van der Waals surface area contributed by atoms with Crippen LogP contribution in [0.15, 0.2) is 51.7 Å². The third-order valence-corrected chi connectivity index (χ3v) is 2.90. The molecule has 0 saturated heterocycles. The van der Waals surface area contributed by atoms with Crippen LogP contribution >= 0.6 is 11.6 Å².